The summed E-state index contributed by atoms with van der Waals surface area (Å²) in [7, 11) is 0. The third-order valence-corrected chi connectivity index (χ3v) is 6.63. The molecule has 2 aliphatic heterocycles. The molecule has 0 N–H and O–H groups in total. The maximum Gasteiger partial charge on any atom is 0.416 e. The Morgan fingerprint density at radius 2 is 1.70 bits per heavy atom. The van der Waals surface area contributed by atoms with Crippen molar-refractivity contribution in [2.45, 2.75) is 44.2 Å². The Labute approximate surface area is 199 Å². The van der Waals surface area contributed by atoms with Gasteiger partial charge in [-0.05, 0) is 39.0 Å². The van der Waals surface area contributed by atoms with E-state index < -0.39 is 40.5 Å². The van der Waals surface area contributed by atoms with E-state index in [2.05, 4.69) is 0 Å². The van der Waals surface area contributed by atoms with Gasteiger partial charge in [-0.1, -0.05) is 30.0 Å². The third-order valence-electron chi connectivity index (χ3n) is 4.97. The number of amides is 3. The molecule has 0 aromatic heterocycles. The van der Waals surface area contributed by atoms with Crippen LogP contribution in [-0.2, 0) is 20.5 Å². The Kier molecular flexibility index (Phi) is 7.27. The molecule has 2 aliphatic rings. The molecule has 2 fully saturated rings. The van der Waals surface area contributed by atoms with Gasteiger partial charge in [0.25, 0.3) is 0 Å². The van der Waals surface area contributed by atoms with Gasteiger partial charge in [0.2, 0.25) is 11.8 Å². The van der Waals surface area contributed by atoms with Crippen LogP contribution in [0.2, 0.25) is 0 Å². The van der Waals surface area contributed by atoms with E-state index in [1.165, 1.54) is 6.07 Å². The van der Waals surface area contributed by atoms with Gasteiger partial charge in [-0.15, -0.1) is 0 Å². The van der Waals surface area contributed by atoms with E-state index in [0.717, 1.165) is 34.9 Å². The van der Waals surface area contributed by atoms with Crippen molar-refractivity contribution >= 4 is 51.9 Å². The number of anilines is 1. The maximum atomic E-state index is 13.0. The van der Waals surface area contributed by atoms with Crippen LogP contribution < -0.4 is 4.90 Å². The van der Waals surface area contributed by atoms with E-state index in [-0.39, 0.29) is 12.1 Å². The van der Waals surface area contributed by atoms with Gasteiger partial charge in [-0.2, -0.15) is 13.2 Å². The van der Waals surface area contributed by atoms with Crippen LogP contribution in [0.3, 0.4) is 0 Å². The molecule has 2 heterocycles. The Hall–Kier alpha value is -2.34. The van der Waals surface area contributed by atoms with Crippen LogP contribution in [0.5, 0.6) is 0 Å². The fourth-order valence-corrected chi connectivity index (χ4v) is 4.92. The lowest BCUT2D eigenvalue weighted by atomic mass is 10.2. The Morgan fingerprint density at radius 3 is 2.27 bits per heavy atom. The molecule has 3 amide bonds. The van der Waals surface area contributed by atoms with Gasteiger partial charge in [-0.25, -0.2) is 9.69 Å². The molecule has 12 heteroatoms. The van der Waals surface area contributed by atoms with Gasteiger partial charge in [0.1, 0.15) is 15.2 Å². The Bertz CT molecular complexity index is 957. The number of rotatable bonds is 2. The van der Waals surface area contributed by atoms with E-state index in [9.17, 15) is 27.6 Å². The molecule has 0 aliphatic carbocycles. The van der Waals surface area contributed by atoms with Crippen LogP contribution in [0.4, 0.5) is 23.7 Å². The van der Waals surface area contributed by atoms with Crippen molar-refractivity contribution in [3.05, 3.63) is 29.8 Å². The fourth-order valence-electron chi connectivity index (χ4n) is 3.38. The molecule has 33 heavy (non-hydrogen) atoms. The maximum absolute atomic E-state index is 13.0. The quantitative estimate of drug-likeness (QED) is 0.448. The lowest BCUT2D eigenvalue weighted by Crippen LogP contribution is -2.51. The predicted molar refractivity (Wildman–Crippen MR) is 122 cm³/mol. The molecule has 0 spiro atoms. The van der Waals surface area contributed by atoms with Crippen molar-refractivity contribution in [1.29, 1.82) is 0 Å². The number of nitrogens with zero attached hydrogens (tertiary/aromatic N) is 3. The van der Waals surface area contributed by atoms with Crippen LogP contribution in [0.15, 0.2) is 24.3 Å². The summed E-state index contributed by atoms with van der Waals surface area (Å²) in [6.07, 6.45) is -5.15. The van der Waals surface area contributed by atoms with Gasteiger partial charge in [0.05, 0.1) is 11.3 Å². The molecule has 2 saturated heterocycles. The van der Waals surface area contributed by atoms with Crippen LogP contribution in [0.1, 0.15) is 32.8 Å². The first kappa shape index (κ1) is 25.3. The van der Waals surface area contributed by atoms with Crippen molar-refractivity contribution < 1.29 is 32.3 Å². The number of thiocarbonyl (C=S) groups is 1. The molecule has 1 aromatic carbocycles. The van der Waals surface area contributed by atoms with E-state index in [4.69, 9.17) is 17.0 Å². The lowest BCUT2D eigenvalue weighted by molar-refractivity contribution is -0.137. The summed E-state index contributed by atoms with van der Waals surface area (Å²) < 4.78 is 44.8. The number of ether oxygens (including phenoxy) is 1. The van der Waals surface area contributed by atoms with Crippen LogP contribution in [0, 0.1) is 0 Å². The summed E-state index contributed by atoms with van der Waals surface area (Å²) >= 11 is 6.48. The molecule has 0 unspecified atom stereocenters. The zero-order valence-corrected chi connectivity index (χ0v) is 20.0. The summed E-state index contributed by atoms with van der Waals surface area (Å²) in [6.45, 7) is 7.03. The summed E-state index contributed by atoms with van der Waals surface area (Å²) in [6, 6.07) is 4.13. The zero-order chi connectivity index (χ0) is 24.6. The topological polar surface area (TPSA) is 70.2 Å². The number of carbonyl (C=O) groups is 3. The van der Waals surface area contributed by atoms with Crippen molar-refractivity contribution in [2.24, 2.45) is 0 Å². The van der Waals surface area contributed by atoms with E-state index in [1.807, 2.05) is 4.90 Å². The second-order valence-corrected chi connectivity index (χ2v) is 10.5. The average molecular weight is 504 g/mol. The second kappa shape index (κ2) is 9.49. The Balaban J connectivity index is 1.59. The van der Waals surface area contributed by atoms with Crippen molar-refractivity contribution in [3.63, 3.8) is 0 Å². The first-order valence-corrected chi connectivity index (χ1v) is 11.5. The minimum absolute atomic E-state index is 0.111. The van der Waals surface area contributed by atoms with Gasteiger partial charge >= 0.3 is 12.3 Å². The smallest absolute Gasteiger partial charge is 0.416 e. The number of benzene rings is 1. The summed E-state index contributed by atoms with van der Waals surface area (Å²) in [4.78, 5) is 41.7. The molecule has 3 rings (SSSR count). The minimum Gasteiger partial charge on any atom is -0.444 e. The number of carbonyl (C=O) groups excluding carboxylic acids is 3. The largest absolute Gasteiger partial charge is 0.444 e. The van der Waals surface area contributed by atoms with Gasteiger partial charge < -0.3 is 14.5 Å². The standard InChI is InChI=1S/C21H24F3N3O4S2/c1-20(2,3)31-18(30)25-7-9-26(10-8-25)19(32)33-15-12-16(28)27(17(15)29)14-6-4-5-13(11-14)21(22,23)24/h4-6,11,15H,7-10,12H2,1-3H3/t15-/m0/s1. The Morgan fingerprint density at radius 1 is 1.09 bits per heavy atom. The highest BCUT2D eigenvalue weighted by atomic mass is 32.2. The van der Waals surface area contributed by atoms with Crippen molar-refractivity contribution in [1.82, 2.24) is 9.80 Å². The van der Waals surface area contributed by atoms with E-state index in [0.29, 0.717) is 30.5 Å². The molecule has 180 valence electrons. The number of piperazine rings is 1. The molecule has 1 atom stereocenters. The minimum atomic E-state index is -4.58. The predicted octanol–water partition coefficient (Wildman–Crippen LogP) is 3.91. The van der Waals surface area contributed by atoms with Gasteiger partial charge in [-0.3, -0.25) is 9.59 Å². The van der Waals surface area contributed by atoms with E-state index in [1.54, 1.807) is 25.7 Å². The van der Waals surface area contributed by atoms with Crippen LogP contribution >= 0.6 is 24.0 Å². The number of thioether (sulfide) groups is 1. The monoisotopic (exact) mass is 503 g/mol. The first-order valence-electron chi connectivity index (χ1n) is 10.2. The number of imide groups is 1. The van der Waals surface area contributed by atoms with Crippen LogP contribution in [0.25, 0.3) is 0 Å². The van der Waals surface area contributed by atoms with E-state index >= 15 is 0 Å². The van der Waals surface area contributed by atoms with Gasteiger partial charge in [0.15, 0.2) is 0 Å². The second-order valence-electron chi connectivity index (χ2n) is 8.65. The summed E-state index contributed by atoms with van der Waals surface area (Å²) in [5.74, 6) is -1.17. The molecule has 0 radical (unpaired) electrons. The number of hydrogen-bond donors (Lipinski definition) is 0. The molecule has 0 saturated carbocycles. The van der Waals surface area contributed by atoms with Gasteiger partial charge in [0, 0.05) is 32.6 Å². The molecular formula is C21H24F3N3O4S2. The highest BCUT2D eigenvalue weighted by molar-refractivity contribution is 8.23. The first-order chi connectivity index (χ1) is 15.3. The number of halogens is 3. The SMILES string of the molecule is CC(C)(C)OC(=O)N1CCN(C(=S)S[C@H]2CC(=O)N(c3cccc(C(F)(F)F)c3)C2=O)CC1. The molecule has 1 aromatic rings. The number of hydrogen-bond acceptors (Lipinski definition) is 6. The fraction of sp³-hybridized carbons (Fsp3) is 0.524. The highest BCUT2D eigenvalue weighted by Gasteiger charge is 2.42. The van der Waals surface area contributed by atoms with Crippen molar-refractivity contribution in [3.8, 4) is 0 Å². The normalized spacial score (nSPS) is 19.8. The zero-order valence-electron chi connectivity index (χ0n) is 18.3. The molecular weight excluding hydrogens is 479 g/mol. The lowest BCUT2D eigenvalue weighted by Gasteiger charge is -2.36. The average Bonchev–Trinajstić information content (AvgIpc) is 2.99. The molecule has 0 bridgehead atoms. The van der Waals surface area contributed by atoms with Crippen LogP contribution in [-0.4, -0.2) is 69.1 Å². The number of alkyl halides is 3. The summed E-state index contributed by atoms with van der Waals surface area (Å²) in [5.41, 5.74) is -1.64. The third kappa shape index (κ3) is 6.17. The van der Waals surface area contributed by atoms with Crippen molar-refractivity contribution in [2.75, 3.05) is 31.1 Å². The molecule has 7 nitrogen and oxygen atoms in total. The highest BCUT2D eigenvalue weighted by Crippen LogP contribution is 2.35. The summed E-state index contributed by atoms with van der Waals surface area (Å²) in [5, 5.41) is -0.816.